The van der Waals surface area contributed by atoms with E-state index < -0.39 is 10.0 Å². The average molecular weight is 321 g/mol. The quantitative estimate of drug-likeness (QED) is 0.753. The zero-order valence-electron chi connectivity index (χ0n) is 11.3. The third kappa shape index (κ3) is 4.17. The van der Waals surface area contributed by atoms with Crippen LogP contribution in [0.4, 0.5) is 11.4 Å². The van der Waals surface area contributed by atoms with Crippen LogP contribution in [0.2, 0.25) is 0 Å². The summed E-state index contributed by atoms with van der Waals surface area (Å²) in [5, 5.41) is 2.79. The second-order valence-corrected chi connectivity index (χ2v) is 6.61. The standard InChI is InChI=1S/C14H15N3O2S2/c1-10-5-7-11(8-6-10)17-21(18,19)13-4-2-3-12(9-13)16-14(15)20/h2-9,17H,1H3,(H3,15,16,20). The molecule has 0 saturated heterocycles. The van der Waals surface area contributed by atoms with Crippen LogP contribution in [0.1, 0.15) is 5.56 Å². The minimum Gasteiger partial charge on any atom is -0.376 e. The van der Waals surface area contributed by atoms with Gasteiger partial charge in [-0.25, -0.2) is 8.42 Å². The van der Waals surface area contributed by atoms with Crippen LogP contribution in [-0.4, -0.2) is 13.5 Å². The van der Waals surface area contributed by atoms with E-state index in [2.05, 4.69) is 10.0 Å². The summed E-state index contributed by atoms with van der Waals surface area (Å²) in [6.07, 6.45) is 0. The molecule has 110 valence electrons. The van der Waals surface area contributed by atoms with Crippen molar-refractivity contribution in [3.8, 4) is 0 Å². The summed E-state index contributed by atoms with van der Waals surface area (Å²) < 4.78 is 27.2. The van der Waals surface area contributed by atoms with Crippen molar-refractivity contribution in [1.29, 1.82) is 0 Å². The summed E-state index contributed by atoms with van der Waals surface area (Å²) in [5.41, 5.74) is 7.46. The maximum Gasteiger partial charge on any atom is 0.261 e. The van der Waals surface area contributed by atoms with Crippen molar-refractivity contribution < 1.29 is 8.42 Å². The molecule has 0 fully saturated rings. The van der Waals surface area contributed by atoms with Gasteiger partial charge in [-0.3, -0.25) is 4.72 Å². The number of hydrogen-bond acceptors (Lipinski definition) is 3. The molecule has 0 aliphatic heterocycles. The van der Waals surface area contributed by atoms with Crippen LogP contribution in [0, 0.1) is 6.92 Å². The largest absolute Gasteiger partial charge is 0.376 e. The summed E-state index contributed by atoms with van der Waals surface area (Å²) in [7, 11) is -3.66. The molecular formula is C14H15N3O2S2. The predicted molar refractivity (Wildman–Crippen MR) is 88.8 cm³/mol. The Morgan fingerprint density at radius 1 is 1.10 bits per heavy atom. The molecule has 2 aromatic carbocycles. The molecule has 0 radical (unpaired) electrons. The Balaban J connectivity index is 2.26. The number of benzene rings is 2. The Morgan fingerprint density at radius 2 is 1.76 bits per heavy atom. The fourth-order valence-corrected chi connectivity index (χ4v) is 2.94. The maximum absolute atomic E-state index is 12.3. The van der Waals surface area contributed by atoms with Crippen molar-refractivity contribution >= 4 is 38.7 Å². The van der Waals surface area contributed by atoms with E-state index >= 15 is 0 Å². The predicted octanol–water partition coefficient (Wildman–Crippen LogP) is 2.45. The van der Waals surface area contributed by atoms with Crippen molar-refractivity contribution in [2.24, 2.45) is 5.73 Å². The highest BCUT2D eigenvalue weighted by atomic mass is 32.2. The normalized spacial score (nSPS) is 10.9. The number of nitrogens with one attached hydrogen (secondary N) is 2. The Kier molecular flexibility index (Phi) is 4.44. The number of nitrogens with two attached hydrogens (primary N) is 1. The van der Waals surface area contributed by atoms with Gasteiger partial charge in [-0.15, -0.1) is 0 Å². The first-order valence-electron chi connectivity index (χ1n) is 6.13. The highest BCUT2D eigenvalue weighted by molar-refractivity contribution is 7.92. The molecule has 5 nitrogen and oxygen atoms in total. The smallest absolute Gasteiger partial charge is 0.261 e. The van der Waals surface area contributed by atoms with Gasteiger partial charge in [0.05, 0.1) is 4.90 Å². The van der Waals surface area contributed by atoms with Gasteiger partial charge in [-0.1, -0.05) is 23.8 Å². The van der Waals surface area contributed by atoms with Crippen LogP contribution < -0.4 is 15.8 Å². The molecule has 0 aliphatic rings. The third-order valence-electron chi connectivity index (χ3n) is 2.72. The number of anilines is 2. The number of rotatable bonds is 4. The molecule has 7 heteroatoms. The van der Waals surface area contributed by atoms with Crippen LogP contribution >= 0.6 is 12.2 Å². The fourth-order valence-electron chi connectivity index (χ4n) is 1.72. The van der Waals surface area contributed by atoms with E-state index in [0.717, 1.165) is 5.56 Å². The summed E-state index contributed by atoms with van der Waals surface area (Å²) in [6.45, 7) is 1.93. The van der Waals surface area contributed by atoms with Gasteiger partial charge >= 0.3 is 0 Å². The van der Waals surface area contributed by atoms with Gasteiger partial charge in [0.1, 0.15) is 0 Å². The number of aryl methyl sites for hydroxylation is 1. The Hall–Kier alpha value is -2.12. The summed E-state index contributed by atoms with van der Waals surface area (Å²) in [4.78, 5) is 0.129. The van der Waals surface area contributed by atoms with Gasteiger partial charge in [0, 0.05) is 11.4 Å². The van der Waals surface area contributed by atoms with Crippen LogP contribution in [0.15, 0.2) is 53.4 Å². The van der Waals surface area contributed by atoms with Gasteiger partial charge in [0.2, 0.25) is 0 Å². The SMILES string of the molecule is Cc1ccc(NS(=O)(=O)c2cccc(NC(N)=S)c2)cc1. The van der Waals surface area contributed by atoms with E-state index in [1.54, 1.807) is 24.3 Å². The van der Waals surface area contributed by atoms with Crippen LogP contribution in [0.5, 0.6) is 0 Å². The van der Waals surface area contributed by atoms with Crippen molar-refractivity contribution in [3.05, 3.63) is 54.1 Å². The first kappa shape index (κ1) is 15.3. The van der Waals surface area contributed by atoms with Gasteiger partial charge in [0.15, 0.2) is 5.11 Å². The topological polar surface area (TPSA) is 84.2 Å². The van der Waals surface area contributed by atoms with E-state index in [1.807, 2.05) is 19.1 Å². The van der Waals surface area contributed by atoms with Crippen LogP contribution in [0.25, 0.3) is 0 Å². The Morgan fingerprint density at radius 3 is 2.38 bits per heavy atom. The highest BCUT2D eigenvalue weighted by Crippen LogP contribution is 2.19. The molecule has 0 aliphatic carbocycles. The zero-order valence-corrected chi connectivity index (χ0v) is 13.0. The Labute approximate surface area is 129 Å². The molecule has 4 N–H and O–H groups in total. The molecule has 21 heavy (non-hydrogen) atoms. The summed E-state index contributed by atoms with van der Waals surface area (Å²) in [6, 6.07) is 13.4. The first-order chi connectivity index (χ1) is 9.87. The summed E-state index contributed by atoms with van der Waals surface area (Å²) in [5.74, 6) is 0. The molecule has 0 aromatic heterocycles. The fraction of sp³-hybridized carbons (Fsp3) is 0.0714. The van der Waals surface area contributed by atoms with E-state index in [9.17, 15) is 8.42 Å². The Bertz CT molecular complexity index is 756. The summed E-state index contributed by atoms with van der Waals surface area (Å²) >= 11 is 4.73. The van der Waals surface area contributed by atoms with Crippen molar-refractivity contribution in [3.63, 3.8) is 0 Å². The van der Waals surface area contributed by atoms with E-state index in [4.69, 9.17) is 18.0 Å². The van der Waals surface area contributed by atoms with Gasteiger partial charge < -0.3 is 11.1 Å². The minimum atomic E-state index is -3.66. The molecule has 2 aromatic rings. The lowest BCUT2D eigenvalue weighted by molar-refractivity contribution is 0.601. The van der Waals surface area contributed by atoms with Crippen molar-refractivity contribution in [2.45, 2.75) is 11.8 Å². The minimum absolute atomic E-state index is 0.0797. The molecular weight excluding hydrogens is 306 g/mol. The number of hydrogen-bond donors (Lipinski definition) is 3. The molecule has 0 heterocycles. The van der Waals surface area contributed by atoms with Crippen molar-refractivity contribution in [1.82, 2.24) is 0 Å². The van der Waals surface area contributed by atoms with E-state index in [-0.39, 0.29) is 10.0 Å². The van der Waals surface area contributed by atoms with Gasteiger partial charge in [0.25, 0.3) is 10.0 Å². The lowest BCUT2D eigenvalue weighted by Crippen LogP contribution is -2.19. The molecule has 0 spiro atoms. The maximum atomic E-state index is 12.3. The first-order valence-corrected chi connectivity index (χ1v) is 8.02. The third-order valence-corrected chi connectivity index (χ3v) is 4.20. The molecule has 0 saturated carbocycles. The monoisotopic (exact) mass is 321 g/mol. The van der Waals surface area contributed by atoms with E-state index in [0.29, 0.717) is 11.4 Å². The average Bonchev–Trinajstić information content (AvgIpc) is 2.41. The molecule has 0 bridgehead atoms. The van der Waals surface area contributed by atoms with E-state index in [1.165, 1.54) is 12.1 Å². The van der Waals surface area contributed by atoms with Gasteiger partial charge in [-0.2, -0.15) is 0 Å². The molecule has 0 unspecified atom stereocenters. The second kappa shape index (κ2) is 6.11. The van der Waals surface area contributed by atoms with Crippen LogP contribution in [0.3, 0.4) is 0 Å². The molecule has 0 amide bonds. The van der Waals surface area contributed by atoms with Crippen molar-refractivity contribution in [2.75, 3.05) is 10.0 Å². The van der Waals surface area contributed by atoms with Gasteiger partial charge in [-0.05, 0) is 49.5 Å². The molecule has 0 atom stereocenters. The zero-order chi connectivity index (χ0) is 15.5. The lowest BCUT2D eigenvalue weighted by atomic mass is 10.2. The number of sulfonamides is 1. The van der Waals surface area contributed by atoms with Crippen LogP contribution in [-0.2, 0) is 10.0 Å². The number of thiocarbonyl (C=S) groups is 1. The molecule has 2 rings (SSSR count). The lowest BCUT2D eigenvalue weighted by Gasteiger charge is -2.10. The highest BCUT2D eigenvalue weighted by Gasteiger charge is 2.14. The second-order valence-electron chi connectivity index (χ2n) is 4.49.